The predicted octanol–water partition coefficient (Wildman–Crippen LogP) is 7.04. The van der Waals surface area contributed by atoms with E-state index in [4.69, 9.17) is 4.74 Å². The molecule has 0 aliphatic rings. The lowest BCUT2D eigenvalue weighted by atomic mass is 9.99. The summed E-state index contributed by atoms with van der Waals surface area (Å²) in [5.74, 6) is 0.261. The molecule has 2 unspecified atom stereocenters. The second kappa shape index (κ2) is 19.8. The average Bonchev–Trinajstić information content (AvgIpc) is 2.91. The molecule has 0 saturated heterocycles. The molecule has 1 rings (SSSR count). The first-order valence-corrected chi connectivity index (χ1v) is 16.6. The standard InChI is InChI=1S/C32H55N3O4S/c1-8-11-13-14-15-16-23-35(30(37)27(21-24-40-7)34-31(38)39-32(4,5)6)28(29(36)33-22-12-9-2)26-19-17-25(10-3)18-20-26/h17-20,27-28H,8-16,21-24H2,1-7H3,(H,33,36)(H,34,38). The van der Waals surface area contributed by atoms with Crippen LogP contribution in [0, 0.1) is 0 Å². The van der Waals surface area contributed by atoms with Gasteiger partial charge < -0.3 is 20.3 Å². The molecule has 0 aliphatic carbocycles. The van der Waals surface area contributed by atoms with Crippen molar-refractivity contribution in [3.63, 3.8) is 0 Å². The molecule has 40 heavy (non-hydrogen) atoms. The number of alkyl carbamates (subject to hydrolysis) is 1. The molecular formula is C32H55N3O4S. The number of amides is 3. The number of nitrogens with one attached hydrogen (secondary N) is 2. The molecule has 0 aromatic heterocycles. The van der Waals surface area contributed by atoms with E-state index in [1.807, 2.05) is 30.5 Å². The van der Waals surface area contributed by atoms with Gasteiger partial charge in [0.2, 0.25) is 11.8 Å². The number of carbonyl (C=O) groups excluding carboxylic acids is 3. The Morgan fingerprint density at radius 2 is 1.55 bits per heavy atom. The summed E-state index contributed by atoms with van der Waals surface area (Å²) in [6.07, 6.45) is 10.9. The van der Waals surface area contributed by atoms with E-state index in [9.17, 15) is 14.4 Å². The number of hydrogen-bond acceptors (Lipinski definition) is 5. The zero-order valence-electron chi connectivity index (χ0n) is 26.1. The number of aryl methyl sites for hydroxylation is 1. The molecule has 1 aromatic rings. The molecule has 0 aliphatic heterocycles. The number of nitrogens with zero attached hydrogens (tertiary/aromatic N) is 1. The molecule has 0 heterocycles. The number of ether oxygens (including phenoxy) is 1. The van der Waals surface area contributed by atoms with E-state index in [0.717, 1.165) is 44.1 Å². The summed E-state index contributed by atoms with van der Waals surface area (Å²) in [4.78, 5) is 42.4. The van der Waals surface area contributed by atoms with E-state index < -0.39 is 23.8 Å². The smallest absolute Gasteiger partial charge is 0.408 e. The molecule has 0 spiro atoms. The Labute approximate surface area is 248 Å². The van der Waals surface area contributed by atoms with Gasteiger partial charge in [0.15, 0.2) is 0 Å². The maximum atomic E-state index is 14.3. The number of thioether (sulfide) groups is 1. The minimum Gasteiger partial charge on any atom is -0.444 e. The number of benzene rings is 1. The fourth-order valence-electron chi connectivity index (χ4n) is 4.47. The highest BCUT2D eigenvalue weighted by Gasteiger charge is 2.35. The van der Waals surface area contributed by atoms with Gasteiger partial charge in [0.1, 0.15) is 17.7 Å². The van der Waals surface area contributed by atoms with Gasteiger partial charge in [0.05, 0.1) is 0 Å². The summed E-state index contributed by atoms with van der Waals surface area (Å²) in [7, 11) is 0. The summed E-state index contributed by atoms with van der Waals surface area (Å²) >= 11 is 1.61. The Bertz CT molecular complexity index is 870. The lowest BCUT2D eigenvalue weighted by Crippen LogP contribution is -2.53. The van der Waals surface area contributed by atoms with E-state index >= 15 is 0 Å². The molecule has 3 amide bonds. The third-order valence-corrected chi connectivity index (χ3v) is 7.37. The monoisotopic (exact) mass is 577 g/mol. The van der Waals surface area contributed by atoms with Crippen LogP contribution in [0.25, 0.3) is 0 Å². The van der Waals surface area contributed by atoms with Crippen LogP contribution >= 0.6 is 11.8 Å². The van der Waals surface area contributed by atoms with Crippen LogP contribution in [0.3, 0.4) is 0 Å². The SMILES string of the molecule is CCCCCCCCN(C(=O)C(CCSC)NC(=O)OC(C)(C)C)C(C(=O)NCCCC)c1ccc(CC)cc1. The van der Waals surface area contributed by atoms with Crippen molar-refractivity contribution in [2.45, 2.75) is 123 Å². The first-order valence-electron chi connectivity index (χ1n) is 15.2. The average molecular weight is 578 g/mol. The molecule has 2 N–H and O–H groups in total. The van der Waals surface area contributed by atoms with Crippen molar-refractivity contribution in [3.05, 3.63) is 35.4 Å². The van der Waals surface area contributed by atoms with Crippen LogP contribution in [0.5, 0.6) is 0 Å². The Hall–Kier alpha value is -2.22. The lowest BCUT2D eigenvalue weighted by Gasteiger charge is -2.34. The third kappa shape index (κ3) is 13.9. The van der Waals surface area contributed by atoms with E-state index in [-0.39, 0.29) is 11.8 Å². The molecule has 0 fully saturated rings. The topological polar surface area (TPSA) is 87.7 Å². The van der Waals surface area contributed by atoms with Gasteiger partial charge in [-0.25, -0.2) is 4.79 Å². The number of carbonyl (C=O) groups is 3. The quantitative estimate of drug-likeness (QED) is 0.172. The van der Waals surface area contributed by atoms with Crippen LogP contribution in [-0.2, 0) is 20.7 Å². The first kappa shape index (κ1) is 35.8. The van der Waals surface area contributed by atoms with Crippen molar-refractivity contribution < 1.29 is 19.1 Å². The van der Waals surface area contributed by atoms with Crippen LogP contribution in [0.2, 0.25) is 0 Å². The summed E-state index contributed by atoms with van der Waals surface area (Å²) in [6.45, 7) is 12.8. The highest BCUT2D eigenvalue weighted by molar-refractivity contribution is 7.98. The van der Waals surface area contributed by atoms with Crippen molar-refractivity contribution in [1.29, 1.82) is 0 Å². The van der Waals surface area contributed by atoms with E-state index in [1.54, 1.807) is 37.4 Å². The van der Waals surface area contributed by atoms with E-state index in [2.05, 4.69) is 31.4 Å². The Balaban J connectivity index is 3.40. The van der Waals surface area contributed by atoms with Gasteiger partial charge in [-0.3, -0.25) is 9.59 Å². The Morgan fingerprint density at radius 3 is 2.12 bits per heavy atom. The van der Waals surface area contributed by atoms with Crippen molar-refractivity contribution in [1.82, 2.24) is 15.5 Å². The number of hydrogen-bond donors (Lipinski definition) is 2. The molecule has 2 atom stereocenters. The van der Waals surface area contributed by atoms with Crippen LogP contribution in [0.15, 0.2) is 24.3 Å². The highest BCUT2D eigenvalue weighted by Crippen LogP contribution is 2.25. The summed E-state index contributed by atoms with van der Waals surface area (Å²) in [5.41, 5.74) is 1.27. The largest absolute Gasteiger partial charge is 0.444 e. The lowest BCUT2D eigenvalue weighted by molar-refractivity contribution is -0.142. The minimum atomic E-state index is -0.789. The van der Waals surface area contributed by atoms with Gasteiger partial charge in [-0.2, -0.15) is 11.8 Å². The second-order valence-corrected chi connectivity index (χ2v) is 12.4. The predicted molar refractivity (Wildman–Crippen MR) is 168 cm³/mol. The normalized spacial score (nSPS) is 12.9. The van der Waals surface area contributed by atoms with Crippen molar-refractivity contribution >= 4 is 29.7 Å². The van der Waals surface area contributed by atoms with E-state index in [1.165, 1.54) is 24.8 Å². The van der Waals surface area contributed by atoms with Crippen LogP contribution < -0.4 is 10.6 Å². The van der Waals surface area contributed by atoms with Crippen LogP contribution in [0.4, 0.5) is 4.79 Å². The van der Waals surface area contributed by atoms with E-state index in [0.29, 0.717) is 25.3 Å². The zero-order valence-corrected chi connectivity index (χ0v) is 27.0. The first-order chi connectivity index (χ1) is 19.1. The highest BCUT2D eigenvalue weighted by atomic mass is 32.2. The summed E-state index contributed by atoms with van der Waals surface area (Å²) in [6, 6.07) is 6.41. The summed E-state index contributed by atoms with van der Waals surface area (Å²) in [5, 5.41) is 5.89. The maximum Gasteiger partial charge on any atom is 0.408 e. The zero-order chi connectivity index (χ0) is 30.0. The van der Waals surface area contributed by atoms with Gasteiger partial charge in [-0.15, -0.1) is 0 Å². The van der Waals surface area contributed by atoms with Gasteiger partial charge >= 0.3 is 6.09 Å². The van der Waals surface area contributed by atoms with Crippen molar-refractivity contribution in [2.75, 3.05) is 25.1 Å². The van der Waals surface area contributed by atoms with Gasteiger partial charge in [0.25, 0.3) is 0 Å². The Kier molecular flexibility index (Phi) is 17.7. The number of rotatable bonds is 19. The van der Waals surface area contributed by atoms with Crippen molar-refractivity contribution in [2.24, 2.45) is 0 Å². The van der Waals surface area contributed by atoms with Crippen molar-refractivity contribution in [3.8, 4) is 0 Å². The Morgan fingerprint density at radius 1 is 0.925 bits per heavy atom. The summed E-state index contributed by atoms with van der Waals surface area (Å²) < 4.78 is 5.49. The third-order valence-electron chi connectivity index (χ3n) is 6.73. The molecule has 0 radical (unpaired) electrons. The minimum absolute atomic E-state index is 0.182. The van der Waals surface area contributed by atoms with Crippen LogP contribution in [0.1, 0.15) is 116 Å². The molecule has 8 heteroatoms. The number of unbranched alkanes of at least 4 members (excludes halogenated alkanes) is 6. The molecule has 228 valence electrons. The van der Waals surface area contributed by atoms with Gasteiger partial charge in [-0.05, 0) is 69.6 Å². The molecule has 7 nitrogen and oxygen atoms in total. The van der Waals surface area contributed by atoms with Gasteiger partial charge in [-0.1, -0.05) is 83.6 Å². The maximum absolute atomic E-state index is 14.3. The molecule has 0 saturated carbocycles. The van der Waals surface area contributed by atoms with Crippen LogP contribution in [-0.4, -0.2) is 59.5 Å². The molecule has 1 aromatic carbocycles. The molecule has 0 bridgehead atoms. The van der Waals surface area contributed by atoms with Gasteiger partial charge in [0, 0.05) is 13.1 Å². The molecular weight excluding hydrogens is 522 g/mol. The fraction of sp³-hybridized carbons (Fsp3) is 0.719. The second-order valence-electron chi connectivity index (χ2n) is 11.4. The fourth-order valence-corrected chi connectivity index (χ4v) is 4.94.